The number of aliphatic hydroxyl groups excluding tert-OH is 1. The van der Waals surface area contributed by atoms with Crippen molar-refractivity contribution in [3.8, 4) is 5.75 Å². The van der Waals surface area contributed by atoms with Crippen LogP contribution in [0.15, 0.2) is 24.3 Å². The summed E-state index contributed by atoms with van der Waals surface area (Å²) in [6.07, 6.45) is -2.03. The van der Waals surface area contributed by atoms with E-state index in [9.17, 15) is 9.90 Å². The predicted octanol–water partition coefficient (Wildman–Crippen LogP) is 4.40. The van der Waals surface area contributed by atoms with Crippen molar-refractivity contribution in [2.24, 2.45) is 5.92 Å². The zero-order valence-electron chi connectivity index (χ0n) is 15.8. The molecule has 0 bridgehead atoms. The zero-order chi connectivity index (χ0) is 18.7. The second kappa shape index (κ2) is 7.57. The van der Waals surface area contributed by atoms with Crippen LogP contribution in [-0.4, -0.2) is 30.7 Å². The summed E-state index contributed by atoms with van der Waals surface area (Å²) < 4.78 is 6.22. The molecule has 2 atom stereocenters. The summed E-state index contributed by atoms with van der Waals surface area (Å²) in [5, 5.41) is 21.9. The van der Waals surface area contributed by atoms with E-state index >= 15 is 0 Å². The quantitative estimate of drug-likeness (QED) is 0.663. The second-order valence-corrected chi connectivity index (χ2v) is 12.8. The lowest BCUT2D eigenvalue weighted by Crippen LogP contribution is -2.43. The van der Waals surface area contributed by atoms with Gasteiger partial charge in [-0.1, -0.05) is 46.8 Å². The molecule has 3 N–H and O–H groups in total. The van der Waals surface area contributed by atoms with Crippen molar-refractivity contribution in [1.82, 2.24) is 5.32 Å². The minimum absolute atomic E-state index is 0.0285. The van der Waals surface area contributed by atoms with Gasteiger partial charge in [-0.15, -0.1) is 0 Å². The molecule has 0 aliphatic carbocycles. The predicted molar refractivity (Wildman–Crippen MR) is 99.0 cm³/mol. The summed E-state index contributed by atoms with van der Waals surface area (Å²) in [5.74, 6) is 0.754. The number of benzene rings is 1. The highest BCUT2D eigenvalue weighted by Gasteiger charge is 2.39. The summed E-state index contributed by atoms with van der Waals surface area (Å²) in [7, 11) is -1.90. The number of hydrogen-bond donors (Lipinski definition) is 3. The van der Waals surface area contributed by atoms with E-state index in [1.165, 1.54) is 0 Å². The Hall–Kier alpha value is -1.53. The third-order valence-corrected chi connectivity index (χ3v) is 9.11. The molecule has 0 fully saturated rings. The van der Waals surface area contributed by atoms with E-state index in [1.807, 2.05) is 26.0 Å². The Morgan fingerprint density at radius 3 is 2.04 bits per heavy atom. The maximum atomic E-state index is 10.9. The first-order chi connectivity index (χ1) is 10.8. The van der Waals surface area contributed by atoms with Crippen molar-refractivity contribution in [2.45, 2.75) is 64.9 Å². The summed E-state index contributed by atoms with van der Waals surface area (Å²) in [4.78, 5) is 10.9. The molecule has 24 heavy (non-hydrogen) atoms. The van der Waals surface area contributed by atoms with E-state index in [1.54, 1.807) is 12.1 Å². The van der Waals surface area contributed by atoms with Gasteiger partial charge in [0.1, 0.15) is 5.75 Å². The number of amides is 1. The number of rotatable bonds is 6. The van der Waals surface area contributed by atoms with Crippen LogP contribution in [0.25, 0.3) is 0 Å². The molecule has 0 saturated carbocycles. The Morgan fingerprint density at radius 1 is 1.17 bits per heavy atom. The van der Waals surface area contributed by atoms with Crippen molar-refractivity contribution in [3.05, 3.63) is 29.8 Å². The largest absolute Gasteiger partial charge is 0.544 e. The molecular weight excluding hydrogens is 322 g/mol. The minimum atomic E-state index is -1.90. The summed E-state index contributed by atoms with van der Waals surface area (Å²) >= 11 is 0. The molecule has 6 heteroatoms. The van der Waals surface area contributed by atoms with Crippen molar-refractivity contribution in [1.29, 1.82) is 0 Å². The molecule has 5 nitrogen and oxygen atoms in total. The number of carbonyl (C=O) groups is 1. The van der Waals surface area contributed by atoms with E-state index in [2.05, 4.69) is 39.2 Å². The lowest BCUT2D eigenvalue weighted by molar-refractivity contribution is 0.1000. The molecule has 136 valence electrons. The van der Waals surface area contributed by atoms with Gasteiger partial charge in [-0.25, -0.2) is 4.79 Å². The van der Waals surface area contributed by atoms with Crippen LogP contribution in [0.1, 0.15) is 46.3 Å². The Bertz CT molecular complexity index is 549. The fourth-order valence-electron chi connectivity index (χ4n) is 2.14. The Kier molecular flexibility index (Phi) is 6.47. The lowest BCUT2D eigenvalue weighted by Gasteiger charge is -2.36. The molecule has 0 aromatic heterocycles. The van der Waals surface area contributed by atoms with Crippen LogP contribution in [-0.2, 0) is 0 Å². The van der Waals surface area contributed by atoms with Gasteiger partial charge < -0.3 is 20.0 Å². The smallest absolute Gasteiger partial charge is 0.404 e. The number of hydrogen-bond acceptors (Lipinski definition) is 3. The van der Waals surface area contributed by atoms with Crippen LogP contribution < -0.4 is 9.74 Å². The summed E-state index contributed by atoms with van der Waals surface area (Å²) in [5.41, 5.74) is 0.671. The Balaban J connectivity index is 2.92. The van der Waals surface area contributed by atoms with Crippen LogP contribution in [0, 0.1) is 5.92 Å². The molecule has 1 rings (SSSR count). The number of aliphatic hydroxyl groups is 1. The summed E-state index contributed by atoms with van der Waals surface area (Å²) in [6.45, 7) is 14.7. The van der Waals surface area contributed by atoms with Gasteiger partial charge in [-0.05, 0) is 41.7 Å². The molecule has 2 unspecified atom stereocenters. The normalized spacial score (nSPS) is 15.0. The van der Waals surface area contributed by atoms with Crippen molar-refractivity contribution < 1.29 is 19.4 Å². The third-order valence-electron chi connectivity index (χ3n) is 4.75. The minimum Gasteiger partial charge on any atom is -0.544 e. The average molecular weight is 354 g/mol. The number of nitrogens with one attached hydrogen (secondary N) is 1. The first-order valence-corrected chi connectivity index (χ1v) is 11.2. The third kappa shape index (κ3) is 5.24. The molecule has 0 radical (unpaired) electrons. The Labute approximate surface area is 146 Å². The maximum absolute atomic E-state index is 10.9. The van der Waals surface area contributed by atoms with Gasteiger partial charge in [0.15, 0.2) is 0 Å². The standard InChI is InChI=1S/C18H31NO4Si/c1-12(2)15(19-17(21)22)16(20)13-8-10-14(11-9-13)23-24(6,7)18(3,4)5/h8-12,15-16,19-20H,1-7H3,(H,21,22). The molecule has 0 heterocycles. The molecule has 0 aliphatic rings. The fourth-order valence-corrected chi connectivity index (χ4v) is 3.17. The highest BCUT2D eigenvalue weighted by atomic mass is 28.4. The number of carboxylic acid groups (broad SMARTS) is 1. The van der Waals surface area contributed by atoms with E-state index in [4.69, 9.17) is 9.53 Å². The van der Waals surface area contributed by atoms with E-state index in [0.29, 0.717) is 5.56 Å². The van der Waals surface area contributed by atoms with Gasteiger partial charge in [0, 0.05) is 0 Å². The molecular formula is C18H31NO4Si. The van der Waals surface area contributed by atoms with Crippen LogP contribution in [0.4, 0.5) is 4.79 Å². The molecule has 1 aromatic carbocycles. The van der Waals surface area contributed by atoms with Crippen molar-refractivity contribution in [3.63, 3.8) is 0 Å². The van der Waals surface area contributed by atoms with Gasteiger partial charge >= 0.3 is 6.09 Å². The Morgan fingerprint density at radius 2 is 1.67 bits per heavy atom. The van der Waals surface area contributed by atoms with Crippen LogP contribution in [0.2, 0.25) is 18.1 Å². The van der Waals surface area contributed by atoms with Gasteiger partial charge in [0.25, 0.3) is 0 Å². The first kappa shape index (κ1) is 20.5. The maximum Gasteiger partial charge on any atom is 0.404 e. The van der Waals surface area contributed by atoms with E-state index in [0.717, 1.165) is 5.75 Å². The summed E-state index contributed by atoms with van der Waals surface area (Å²) in [6, 6.07) is 6.72. The zero-order valence-corrected chi connectivity index (χ0v) is 16.8. The van der Waals surface area contributed by atoms with E-state index in [-0.39, 0.29) is 11.0 Å². The topological polar surface area (TPSA) is 78.8 Å². The highest BCUT2D eigenvalue weighted by molar-refractivity contribution is 6.74. The van der Waals surface area contributed by atoms with Crippen molar-refractivity contribution >= 4 is 14.4 Å². The van der Waals surface area contributed by atoms with Crippen molar-refractivity contribution in [2.75, 3.05) is 0 Å². The second-order valence-electron chi connectivity index (χ2n) is 8.10. The SMILES string of the molecule is CC(C)C(NC(=O)O)C(O)c1ccc(O[Si](C)(C)C(C)(C)C)cc1. The van der Waals surface area contributed by atoms with Crippen LogP contribution >= 0.6 is 0 Å². The van der Waals surface area contributed by atoms with Gasteiger partial charge in [-0.2, -0.15) is 0 Å². The molecule has 1 aromatic rings. The molecule has 0 spiro atoms. The van der Waals surface area contributed by atoms with Gasteiger partial charge in [0.2, 0.25) is 8.32 Å². The monoisotopic (exact) mass is 353 g/mol. The lowest BCUT2D eigenvalue weighted by atomic mass is 9.93. The fraction of sp³-hybridized carbons (Fsp3) is 0.611. The highest BCUT2D eigenvalue weighted by Crippen LogP contribution is 2.37. The first-order valence-electron chi connectivity index (χ1n) is 8.31. The average Bonchev–Trinajstić information content (AvgIpc) is 2.42. The molecule has 1 amide bonds. The van der Waals surface area contributed by atoms with E-state index < -0.39 is 26.6 Å². The molecule has 0 aliphatic heterocycles. The van der Waals surface area contributed by atoms with Crippen LogP contribution in [0.3, 0.4) is 0 Å². The van der Waals surface area contributed by atoms with Gasteiger partial charge in [-0.3, -0.25) is 0 Å². The van der Waals surface area contributed by atoms with Gasteiger partial charge in [0.05, 0.1) is 12.1 Å². The van der Waals surface area contributed by atoms with Crippen LogP contribution in [0.5, 0.6) is 5.75 Å². The molecule has 0 saturated heterocycles.